The number of nitrogens with zero attached hydrogens (tertiary/aromatic N) is 1. The third kappa shape index (κ3) is 5.68. The molecule has 4 heteroatoms. The van der Waals surface area contributed by atoms with Crippen molar-refractivity contribution in [2.75, 3.05) is 7.05 Å². The Morgan fingerprint density at radius 2 is 1.71 bits per heavy atom. The molecule has 1 amide bonds. The number of carbonyl (C=O) groups excluding carboxylic acids is 1. The monoisotopic (exact) mass is 312 g/mol. The van der Waals surface area contributed by atoms with Crippen LogP contribution in [0.25, 0.3) is 0 Å². The van der Waals surface area contributed by atoms with Crippen LogP contribution in [0.3, 0.4) is 0 Å². The molecule has 0 aromatic heterocycles. The number of hydrogen-bond acceptors (Lipinski definition) is 2. The Morgan fingerprint density at radius 1 is 1.19 bits per heavy atom. The second kappa shape index (κ2) is 9.06. The van der Waals surface area contributed by atoms with E-state index < -0.39 is 6.04 Å². The van der Waals surface area contributed by atoms with Gasteiger partial charge in [0, 0.05) is 13.6 Å². The summed E-state index contributed by atoms with van der Waals surface area (Å²) >= 11 is 0. The zero-order valence-electron chi connectivity index (χ0n) is 13.8. The van der Waals surface area contributed by atoms with E-state index in [9.17, 15) is 4.79 Å². The van der Waals surface area contributed by atoms with E-state index in [2.05, 4.69) is 45.0 Å². The highest BCUT2D eigenvalue weighted by Crippen LogP contribution is 2.16. The van der Waals surface area contributed by atoms with E-state index in [1.807, 2.05) is 14.0 Å². The van der Waals surface area contributed by atoms with Crippen molar-refractivity contribution >= 4 is 18.3 Å². The lowest BCUT2D eigenvalue weighted by molar-refractivity contribution is -0.132. The van der Waals surface area contributed by atoms with Crippen LogP contribution in [0.15, 0.2) is 24.3 Å². The second-order valence-corrected chi connectivity index (χ2v) is 6.00. The van der Waals surface area contributed by atoms with Gasteiger partial charge in [0.05, 0.1) is 6.04 Å². The molecule has 1 aromatic rings. The fraction of sp³-hybridized carbons (Fsp3) is 0.588. The molecule has 120 valence electrons. The first-order chi connectivity index (χ1) is 9.36. The van der Waals surface area contributed by atoms with Crippen LogP contribution in [0.1, 0.15) is 51.2 Å². The molecular formula is C17H29ClN2O. The Labute approximate surface area is 135 Å². The maximum atomic E-state index is 12.2. The molecule has 0 fully saturated rings. The van der Waals surface area contributed by atoms with E-state index in [4.69, 9.17) is 5.73 Å². The number of hydrogen-bond donors (Lipinski definition) is 1. The fourth-order valence-electron chi connectivity index (χ4n) is 2.11. The van der Waals surface area contributed by atoms with Crippen LogP contribution in [0.2, 0.25) is 0 Å². The van der Waals surface area contributed by atoms with Crippen molar-refractivity contribution < 1.29 is 4.79 Å². The highest BCUT2D eigenvalue weighted by Gasteiger charge is 2.22. The van der Waals surface area contributed by atoms with Crippen molar-refractivity contribution in [2.24, 2.45) is 11.7 Å². The number of halogens is 1. The molecule has 0 bridgehead atoms. The van der Waals surface area contributed by atoms with Gasteiger partial charge in [-0.1, -0.05) is 58.4 Å². The molecule has 0 saturated carbocycles. The molecule has 0 aliphatic rings. The molecule has 2 atom stereocenters. The average Bonchev–Trinajstić information content (AvgIpc) is 2.45. The van der Waals surface area contributed by atoms with Gasteiger partial charge in [0.15, 0.2) is 0 Å². The molecule has 2 N–H and O–H groups in total. The average molecular weight is 313 g/mol. The standard InChI is InChI=1S/C17H28N2O.ClH/c1-6-13(4)16(18)17(20)19(5)11-14-7-9-15(10-8-14)12(2)3;/h7-10,12-13,16H,6,11,18H2,1-5H3;1H. The molecule has 1 rings (SSSR count). The van der Waals surface area contributed by atoms with Gasteiger partial charge in [0.1, 0.15) is 0 Å². The van der Waals surface area contributed by atoms with Crippen molar-refractivity contribution in [1.82, 2.24) is 4.90 Å². The Bertz CT molecular complexity index is 431. The Hall–Kier alpha value is -1.06. The van der Waals surface area contributed by atoms with Gasteiger partial charge in [-0.25, -0.2) is 0 Å². The zero-order valence-corrected chi connectivity index (χ0v) is 14.6. The van der Waals surface area contributed by atoms with Crippen molar-refractivity contribution in [3.63, 3.8) is 0 Å². The summed E-state index contributed by atoms with van der Waals surface area (Å²) in [6, 6.07) is 8.04. The van der Waals surface area contributed by atoms with Gasteiger partial charge in [-0.2, -0.15) is 0 Å². The molecule has 0 spiro atoms. The molecule has 3 nitrogen and oxygen atoms in total. The van der Waals surface area contributed by atoms with E-state index >= 15 is 0 Å². The summed E-state index contributed by atoms with van der Waals surface area (Å²) in [6.07, 6.45) is 0.920. The van der Waals surface area contributed by atoms with E-state index in [0.29, 0.717) is 12.5 Å². The van der Waals surface area contributed by atoms with Gasteiger partial charge < -0.3 is 10.6 Å². The van der Waals surface area contributed by atoms with Crippen LogP contribution < -0.4 is 5.73 Å². The number of rotatable bonds is 6. The SMILES string of the molecule is CCC(C)C(N)C(=O)N(C)Cc1ccc(C(C)C)cc1.Cl. The smallest absolute Gasteiger partial charge is 0.239 e. The van der Waals surface area contributed by atoms with Gasteiger partial charge in [-0.15, -0.1) is 12.4 Å². The highest BCUT2D eigenvalue weighted by atomic mass is 35.5. The third-order valence-electron chi connectivity index (χ3n) is 3.98. The summed E-state index contributed by atoms with van der Waals surface area (Å²) in [6.45, 7) is 9.04. The van der Waals surface area contributed by atoms with Gasteiger partial charge in [0.25, 0.3) is 0 Å². The molecule has 0 saturated heterocycles. The van der Waals surface area contributed by atoms with Gasteiger partial charge in [0.2, 0.25) is 5.91 Å². The fourth-order valence-corrected chi connectivity index (χ4v) is 2.11. The first-order valence-electron chi connectivity index (χ1n) is 7.46. The van der Waals surface area contributed by atoms with Crippen LogP contribution >= 0.6 is 12.4 Å². The highest BCUT2D eigenvalue weighted by molar-refractivity contribution is 5.85. The van der Waals surface area contributed by atoms with Crippen LogP contribution in [0.5, 0.6) is 0 Å². The maximum absolute atomic E-state index is 12.2. The topological polar surface area (TPSA) is 46.3 Å². The van der Waals surface area contributed by atoms with E-state index in [0.717, 1.165) is 12.0 Å². The number of amides is 1. The Kier molecular flexibility index (Phi) is 8.60. The number of benzene rings is 1. The van der Waals surface area contributed by atoms with E-state index in [1.165, 1.54) is 5.56 Å². The summed E-state index contributed by atoms with van der Waals surface area (Å²) in [5.74, 6) is 0.766. The lowest BCUT2D eigenvalue weighted by Gasteiger charge is -2.24. The van der Waals surface area contributed by atoms with Gasteiger partial charge in [-0.05, 0) is 23.0 Å². The maximum Gasteiger partial charge on any atom is 0.239 e. The van der Waals surface area contributed by atoms with Crippen molar-refractivity contribution in [3.8, 4) is 0 Å². The minimum Gasteiger partial charge on any atom is -0.340 e. The first-order valence-corrected chi connectivity index (χ1v) is 7.46. The number of nitrogens with two attached hydrogens (primary N) is 1. The van der Waals surface area contributed by atoms with Crippen molar-refractivity contribution in [3.05, 3.63) is 35.4 Å². The largest absolute Gasteiger partial charge is 0.340 e. The lowest BCUT2D eigenvalue weighted by atomic mass is 9.98. The summed E-state index contributed by atoms with van der Waals surface area (Å²) in [4.78, 5) is 13.9. The molecule has 1 aromatic carbocycles. The Balaban J connectivity index is 0.00000400. The zero-order chi connectivity index (χ0) is 15.3. The Morgan fingerprint density at radius 3 is 2.14 bits per heavy atom. The van der Waals surface area contributed by atoms with Crippen LogP contribution in [-0.2, 0) is 11.3 Å². The molecule has 0 aliphatic carbocycles. The molecule has 21 heavy (non-hydrogen) atoms. The van der Waals surface area contributed by atoms with Crippen LogP contribution in [-0.4, -0.2) is 23.9 Å². The molecule has 0 heterocycles. The summed E-state index contributed by atoms with van der Waals surface area (Å²) in [5.41, 5.74) is 8.46. The van der Waals surface area contributed by atoms with Gasteiger partial charge >= 0.3 is 0 Å². The predicted molar refractivity (Wildman–Crippen MR) is 91.7 cm³/mol. The van der Waals surface area contributed by atoms with Gasteiger partial charge in [-0.3, -0.25) is 4.79 Å². The van der Waals surface area contributed by atoms with Crippen molar-refractivity contribution in [1.29, 1.82) is 0 Å². The normalized spacial score (nSPS) is 13.5. The third-order valence-corrected chi connectivity index (χ3v) is 3.98. The molecular weight excluding hydrogens is 284 g/mol. The minimum absolute atomic E-state index is 0. The summed E-state index contributed by atoms with van der Waals surface area (Å²) in [7, 11) is 1.82. The first kappa shape index (κ1) is 19.9. The van der Waals surface area contributed by atoms with E-state index in [1.54, 1.807) is 4.90 Å². The van der Waals surface area contributed by atoms with E-state index in [-0.39, 0.29) is 24.2 Å². The second-order valence-electron chi connectivity index (χ2n) is 6.00. The molecule has 0 aliphatic heterocycles. The van der Waals surface area contributed by atoms with Crippen LogP contribution in [0.4, 0.5) is 0 Å². The quantitative estimate of drug-likeness (QED) is 0.873. The van der Waals surface area contributed by atoms with Crippen molar-refractivity contribution in [2.45, 2.75) is 52.6 Å². The predicted octanol–water partition coefficient (Wildman–Crippen LogP) is 3.56. The number of likely N-dealkylation sites (N-methyl/N-ethyl adjacent to an activating group) is 1. The lowest BCUT2D eigenvalue weighted by Crippen LogP contribution is -2.45. The minimum atomic E-state index is -0.403. The summed E-state index contributed by atoms with van der Waals surface area (Å²) < 4.78 is 0. The summed E-state index contributed by atoms with van der Waals surface area (Å²) in [5, 5.41) is 0. The van der Waals surface area contributed by atoms with Crippen LogP contribution in [0, 0.1) is 5.92 Å². The molecule has 2 unspecified atom stereocenters. The number of carbonyl (C=O) groups is 1. The molecule has 0 radical (unpaired) electrons.